The number of hydrogen-bond donors (Lipinski definition) is 1. The van der Waals surface area contributed by atoms with Gasteiger partial charge >= 0.3 is 5.97 Å². The zero-order valence-corrected chi connectivity index (χ0v) is 14.0. The minimum absolute atomic E-state index is 0.250. The molecule has 3 rings (SSSR count). The summed E-state index contributed by atoms with van der Waals surface area (Å²) in [5, 5.41) is 10.1. The van der Waals surface area contributed by atoms with Crippen LogP contribution in [0.5, 0.6) is 0 Å². The van der Waals surface area contributed by atoms with Gasteiger partial charge in [-0.3, -0.25) is 0 Å². The van der Waals surface area contributed by atoms with Gasteiger partial charge in [-0.1, -0.05) is 51.8 Å². The van der Waals surface area contributed by atoms with Crippen LogP contribution in [0.15, 0.2) is 53.0 Å². The molecule has 23 heavy (non-hydrogen) atoms. The molecule has 0 saturated carbocycles. The normalized spacial score (nSPS) is 11.2. The highest BCUT2D eigenvalue weighted by atomic mass is 79.9. The maximum Gasteiger partial charge on any atom is 0.336 e. The van der Waals surface area contributed by atoms with Gasteiger partial charge in [-0.25, -0.2) is 9.78 Å². The number of aromatic nitrogens is 1. The van der Waals surface area contributed by atoms with E-state index in [9.17, 15) is 9.90 Å². The Morgan fingerprint density at radius 3 is 2.70 bits per heavy atom. The fourth-order valence-electron chi connectivity index (χ4n) is 2.44. The second-order valence-corrected chi connectivity index (χ2v) is 6.22. The molecule has 0 atom stereocenters. The van der Waals surface area contributed by atoms with Crippen molar-refractivity contribution in [2.75, 3.05) is 0 Å². The van der Waals surface area contributed by atoms with E-state index in [2.05, 4.69) is 27.0 Å². The molecule has 0 radical (unpaired) electrons. The van der Waals surface area contributed by atoms with Gasteiger partial charge in [0.15, 0.2) is 0 Å². The number of carboxylic acid groups (broad SMARTS) is 1. The standard InChI is InChI=1S/C19H14BrNO2/c1-12-3-2-4-13(9-12)5-7-15-11-17(19(22)23)16-10-14(20)6-8-18(16)21-15/h2-11H,1H3,(H,22,23)/b7-5+. The van der Waals surface area contributed by atoms with Crippen LogP contribution in [0.4, 0.5) is 0 Å². The molecule has 4 heteroatoms. The summed E-state index contributed by atoms with van der Waals surface area (Å²) in [7, 11) is 0. The van der Waals surface area contributed by atoms with Crippen LogP contribution in [-0.2, 0) is 0 Å². The van der Waals surface area contributed by atoms with Gasteiger partial charge in [-0.2, -0.15) is 0 Å². The van der Waals surface area contributed by atoms with Gasteiger partial charge in [0.1, 0.15) is 0 Å². The lowest BCUT2D eigenvalue weighted by molar-refractivity contribution is 0.0699. The molecule has 1 heterocycles. The predicted molar refractivity (Wildman–Crippen MR) is 96.5 cm³/mol. The number of halogens is 1. The lowest BCUT2D eigenvalue weighted by Crippen LogP contribution is -2.00. The zero-order valence-electron chi connectivity index (χ0n) is 12.5. The van der Waals surface area contributed by atoms with Crippen molar-refractivity contribution >= 4 is 45.0 Å². The van der Waals surface area contributed by atoms with Crippen molar-refractivity contribution in [2.24, 2.45) is 0 Å². The van der Waals surface area contributed by atoms with Crippen LogP contribution in [0.25, 0.3) is 23.1 Å². The highest BCUT2D eigenvalue weighted by molar-refractivity contribution is 9.10. The topological polar surface area (TPSA) is 50.2 Å². The summed E-state index contributed by atoms with van der Waals surface area (Å²) < 4.78 is 0.831. The minimum atomic E-state index is -0.958. The molecule has 0 aliphatic carbocycles. The average molecular weight is 368 g/mol. The Morgan fingerprint density at radius 1 is 1.13 bits per heavy atom. The highest BCUT2D eigenvalue weighted by Gasteiger charge is 2.11. The van der Waals surface area contributed by atoms with Crippen molar-refractivity contribution in [3.8, 4) is 0 Å². The zero-order chi connectivity index (χ0) is 16.4. The molecule has 0 saturated heterocycles. The number of hydrogen-bond acceptors (Lipinski definition) is 2. The SMILES string of the molecule is Cc1cccc(/C=C/c2cc(C(=O)O)c3cc(Br)ccc3n2)c1. The molecule has 2 aromatic carbocycles. The van der Waals surface area contributed by atoms with Crippen LogP contribution in [0.2, 0.25) is 0 Å². The van der Waals surface area contributed by atoms with Crippen LogP contribution in [0.1, 0.15) is 27.2 Å². The van der Waals surface area contributed by atoms with Crippen LogP contribution >= 0.6 is 15.9 Å². The first-order valence-electron chi connectivity index (χ1n) is 7.11. The number of carboxylic acids is 1. The molecule has 0 aliphatic rings. The van der Waals surface area contributed by atoms with E-state index in [0.717, 1.165) is 10.0 Å². The third kappa shape index (κ3) is 3.48. The van der Waals surface area contributed by atoms with Gasteiger partial charge in [-0.15, -0.1) is 0 Å². The van der Waals surface area contributed by atoms with E-state index < -0.39 is 5.97 Å². The molecule has 0 spiro atoms. The molecule has 114 valence electrons. The Hall–Kier alpha value is -2.46. The van der Waals surface area contributed by atoms with Crippen molar-refractivity contribution in [2.45, 2.75) is 6.92 Å². The summed E-state index contributed by atoms with van der Waals surface area (Å²) in [5.74, 6) is -0.958. The van der Waals surface area contributed by atoms with Crippen molar-refractivity contribution in [3.63, 3.8) is 0 Å². The Balaban J connectivity index is 2.08. The van der Waals surface area contributed by atoms with E-state index >= 15 is 0 Å². The van der Waals surface area contributed by atoms with E-state index in [-0.39, 0.29) is 5.56 Å². The van der Waals surface area contributed by atoms with Gasteiger partial charge in [0.05, 0.1) is 16.8 Å². The second-order valence-electron chi connectivity index (χ2n) is 5.31. The van der Waals surface area contributed by atoms with Crippen LogP contribution in [0, 0.1) is 6.92 Å². The molecule has 3 aromatic rings. The lowest BCUT2D eigenvalue weighted by atomic mass is 10.1. The minimum Gasteiger partial charge on any atom is -0.478 e. The number of nitrogens with zero attached hydrogens (tertiary/aromatic N) is 1. The average Bonchev–Trinajstić information content (AvgIpc) is 2.52. The molecular weight excluding hydrogens is 354 g/mol. The fraction of sp³-hybridized carbons (Fsp3) is 0.0526. The third-order valence-corrected chi connectivity index (χ3v) is 4.00. The summed E-state index contributed by atoms with van der Waals surface area (Å²) >= 11 is 3.37. The number of carbonyl (C=O) groups is 1. The second kappa shape index (κ2) is 6.34. The maximum absolute atomic E-state index is 11.5. The van der Waals surface area contributed by atoms with E-state index in [1.165, 1.54) is 5.56 Å². The van der Waals surface area contributed by atoms with E-state index in [1.54, 1.807) is 12.1 Å². The van der Waals surface area contributed by atoms with E-state index in [0.29, 0.717) is 16.6 Å². The number of benzene rings is 2. The predicted octanol–water partition coefficient (Wildman–Crippen LogP) is 5.17. The summed E-state index contributed by atoms with van der Waals surface area (Å²) in [6, 6.07) is 15.1. The Labute approximate surface area is 142 Å². The van der Waals surface area contributed by atoms with Gasteiger partial charge in [-0.05, 0) is 42.8 Å². The lowest BCUT2D eigenvalue weighted by Gasteiger charge is -2.05. The quantitative estimate of drug-likeness (QED) is 0.694. The fourth-order valence-corrected chi connectivity index (χ4v) is 2.80. The number of aromatic carboxylic acids is 1. The summed E-state index contributed by atoms with van der Waals surface area (Å²) in [6.07, 6.45) is 3.77. The monoisotopic (exact) mass is 367 g/mol. The molecule has 0 bridgehead atoms. The van der Waals surface area contributed by atoms with Crippen LogP contribution in [0.3, 0.4) is 0 Å². The largest absolute Gasteiger partial charge is 0.478 e. The smallest absolute Gasteiger partial charge is 0.336 e. The van der Waals surface area contributed by atoms with Gasteiger partial charge in [0.25, 0.3) is 0 Å². The van der Waals surface area contributed by atoms with Crippen molar-refractivity contribution in [3.05, 3.63) is 75.4 Å². The molecular formula is C19H14BrNO2. The van der Waals surface area contributed by atoms with Gasteiger partial charge < -0.3 is 5.11 Å². The van der Waals surface area contributed by atoms with E-state index in [1.807, 2.05) is 49.4 Å². The van der Waals surface area contributed by atoms with Gasteiger partial charge in [0, 0.05) is 9.86 Å². The Kier molecular flexibility index (Phi) is 4.26. The molecule has 0 fully saturated rings. The molecule has 0 unspecified atom stereocenters. The molecule has 1 N–H and O–H groups in total. The Morgan fingerprint density at radius 2 is 1.96 bits per heavy atom. The third-order valence-electron chi connectivity index (χ3n) is 3.51. The van der Waals surface area contributed by atoms with Gasteiger partial charge in [0.2, 0.25) is 0 Å². The highest BCUT2D eigenvalue weighted by Crippen LogP contribution is 2.23. The van der Waals surface area contributed by atoms with Crippen molar-refractivity contribution < 1.29 is 9.90 Å². The molecule has 0 aliphatic heterocycles. The maximum atomic E-state index is 11.5. The molecule has 3 nitrogen and oxygen atoms in total. The van der Waals surface area contributed by atoms with Crippen LogP contribution in [-0.4, -0.2) is 16.1 Å². The Bertz CT molecular complexity index is 932. The number of pyridine rings is 1. The summed E-state index contributed by atoms with van der Waals surface area (Å²) in [6.45, 7) is 2.03. The number of aryl methyl sites for hydroxylation is 1. The summed E-state index contributed by atoms with van der Waals surface area (Å²) in [5.41, 5.74) is 3.77. The van der Waals surface area contributed by atoms with E-state index in [4.69, 9.17) is 0 Å². The number of fused-ring (bicyclic) bond motifs is 1. The molecule has 1 aromatic heterocycles. The number of rotatable bonds is 3. The summed E-state index contributed by atoms with van der Waals surface area (Å²) in [4.78, 5) is 16.1. The first kappa shape index (κ1) is 15.4. The first-order valence-corrected chi connectivity index (χ1v) is 7.90. The van der Waals surface area contributed by atoms with Crippen LogP contribution < -0.4 is 0 Å². The molecule has 0 amide bonds. The van der Waals surface area contributed by atoms with Crippen molar-refractivity contribution in [1.82, 2.24) is 4.98 Å². The van der Waals surface area contributed by atoms with Crippen molar-refractivity contribution in [1.29, 1.82) is 0 Å². The first-order chi connectivity index (χ1) is 11.0.